The zero-order valence-corrected chi connectivity index (χ0v) is 13.2. The molecule has 1 N–H and O–H groups in total. The van der Waals surface area contributed by atoms with E-state index in [0.29, 0.717) is 4.96 Å². The van der Waals surface area contributed by atoms with E-state index in [1.807, 2.05) is 0 Å². The number of anilines is 1. The van der Waals surface area contributed by atoms with Gasteiger partial charge in [0.15, 0.2) is 15.1 Å². The van der Waals surface area contributed by atoms with Crippen molar-refractivity contribution in [1.29, 1.82) is 0 Å². The van der Waals surface area contributed by atoms with Crippen molar-refractivity contribution >= 4 is 55.2 Å². The number of aromatic nitrogens is 2. The fourth-order valence-electron chi connectivity index (χ4n) is 1.74. The summed E-state index contributed by atoms with van der Waals surface area (Å²) >= 11 is 12.7. The standard InChI is InChI=1S/C11H6Cl2FN3O2S2/c12-6-1-2-8(7(14)5-6)16-21(18,19)10-9(13)15-11-17(10)3-4-20-11/h1-5,16H. The molecule has 0 aliphatic heterocycles. The van der Waals surface area contributed by atoms with Gasteiger partial charge in [0, 0.05) is 16.6 Å². The summed E-state index contributed by atoms with van der Waals surface area (Å²) in [7, 11) is -4.09. The molecule has 1 aromatic carbocycles. The second kappa shape index (κ2) is 5.13. The predicted octanol–water partition coefficient (Wildman–Crippen LogP) is 3.64. The van der Waals surface area contributed by atoms with Crippen LogP contribution in [0.4, 0.5) is 10.1 Å². The maximum absolute atomic E-state index is 13.7. The highest BCUT2D eigenvalue weighted by Crippen LogP contribution is 2.28. The van der Waals surface area contributed by atoms with Gasteiger partial charge in [0.2, 0.25) is 0 Å². The number of rotatable bonds is 3. The molecule has 0 unspecified atom stereocenters. The average Bonchev–Trinajstić information content (AvgIpc) is 2.91. The quantitative estimate of drug-likeness (QED) is 0.770. The van der Waals surface area contributed by atoms with E-state index in [9.17, 15) is 12.8 Å². The first-order valence-corrected chi connectivity index (χ1v) is 8.59. The molecule has 2 heterocycles. The Balaban J connectivity index is 2.08. The van der Waals surface area contributed by atoms with E-state index in [-0.39, 0.29) is 20.9 Å². The van der Waals surface area contributed by atoms with Gasteiger partial charge in [-0.1, -0.05) is 23.2 Å². The fraction of sp³-hybridized carbons (Fsp3) is 0. The summed E-state index contributed by atoms with van der Waals surface area (Å²) in [5, 5.41) is 1.41. The lowest BCUT2D eigenvalue weighted by Gasteiger charge is -2.08. The highest BCUT2D eigenvalue weighted by atomic mass is 35.5. The normalized spacial score (nSPS) is 12.0. The van der Waals surface area contributed by atoms with Crippen molar-refractivity contribution in [2.75, 3.05) is 4.72 Å². The van der Waals surface area contributed by atoms with E-state index in [2.05, 4.69) is 9.71 Å². The Hall–Kier alpha value is -1.35. The molecule has 21 heavy (non-hydrogen) atoms. The number of nitrogens with one attached hydrogen (secondary N) is 1. The second-order valence-corrected chi connectivity index (χ2v) is 7.26. The number of benzene rings is 1. The maximum atomic E-state index is 13.7. The van der Waals surface area contributed by atoms with Gasteiger partial charge < -0.3 is 0 Å². The largest absolute Gasteiger partial charge is 0.281 e. The summed E-state index contributed by atoms with van der Waals surface area (Å²) in [6.45, 7) is 0. The Labute approximate surface area is 133 Å². The lowest BCUT2D eigenvalue weighted by molar-refractivity contribution is 0.594. The number of hydrogen-bond acceptors (Lipinski definition) is 4. The summed E-state index contributed by atoms with van der Waals surface area (Å²) < 4.78 is 41.9. The molecule has 3 rings (SSSR count). The molecule has 3 aromatic rings. The van der Waals surface area contributed by atoms with Crippen molar-refractivity contribution in [2.24, 2.45) is 0 Å². The minimum Gasteiger partial charge on any atom is -0.278 e. The monoisotopic (exact) mass is 365 g/mol. The fourth-order valence-corrected chi connectivity index (χ4v) is 4.43. The molecule has 0 atom stereocenters. The molecule has 0 fully saturated rings. The Morgan fingerprint density at radius 1 is 1.33 bits per heavy atom. The molecular formula is C11H6Cl2FN3O2S2. The van der Waals surface area contributed by atoms with Crippen LogP contribution in [0.1, 0.15) is 0 Å². The van der Waals surface area contributed by atoms with Crippen LogP contribution in [0.5, 0.6) is 0 Å². The smallest absolute Gasteiger partial charge is 0.278 e. The van der Waals surface area contributed by atoms with Gasteiger partial charge in [-0.25, -0.2) is 9.37 Å². The average molecular weight is 366 g/mol. The third kappa shape index (κ3) is 2.59. The zero-order chi connectivity index (χ0) is 15.2. The molecule has 2 aromatic heterocycles. The molecule has 0 radical (unpaired) electrons. The highest BCUT2D eigenvalue weighted by Gasteiger charge is 2.26. The number of nitrogens with zero attached hydrogens (tertiary/aromatic N) is 2. The van der Waals surface area contributed by atoms with Gasteiger partial charge in [-0.2, -0.15) is 8.42 Å². The van der Waals surface area contributed by atoms with Gasteiger partial charge >= 0.3 is 0 Å². The van der Waals surface area contributed by atoms with E-state index in [4.69, 9.17) is 23.2 Å². The number of imidazole rings is 1. The van der Waals surface area contributed by atoms with Crippen molar-refractivity contribution in [3.63, 3.8) is 0 Å². The van der Waals surface area contributed by atoms with E-state index < -0.39 is 15.8 Å². The van der Waals surface area contributed by atoms with Crippen LogP contribution < -0.4 is 4.72 Å². The van der Waals surface area contributed by atoms with Crippen LogP contribution in [0.3, 0.4) is 0 Å². The topological polar surface area (TPSA) is 63.5 Å². The molecule has 0 spiro atoms. The Bertz CT molecular complexity index is 936. The number of fused-ring (bicyclic) bond motifs is 1. The van der Waals surface area contributed by atoms with Gasteiger partial charge in [-0.3, -0.25) is 9.12 Å². The van der Waals surface area contributed by atoms with E-state index >= 15 is 0 Å². The van der Waals surface area contributed by atoms with Gasteiger partial charge in [0.25, 0.3) is 10.0 Å². The molecule has 0 bridgehead atoms. The third-order valence-electron chi connectivity index (χ3n) is 2.61. The lowest BCUT2D eigenvalue weighted by Crippen LogP contribution is -2.16. The number of halogens is 3. The summed E-state index contributed by atoms with van der Waals surface area (Å²) in [5.74, 6) is -0.784. The SMILES string of the molecule is O=S(=O)(Nc1ccc(Cl)cc1F)c1c(Cl)nc2sccn12. The lowest BCUT2D eigenvalue weighted by atomic mass is 10.3. The maximum Gasteiger partial charge on any atom is 0.281 e. The number of thiazole rings is 1. The van der Waals surface area contributed by atoms with Crippen LogP contribution >= 0.6 is 34.5 Å². The second-order valence-electron chi connectivity index (χ2n) is 3.99. The Morgan fingerprint density at radius 3 is 2.81 bits per heavy atom. The van der Waals surface area contributed by atoms with E-state index in [0.717, 1.165) is 6.07 Å². The van der Waals surface area contributed by atoms with Gasteiger partial charge in [-0.15, -0.1) is 11.3 Å². The summed E-state index contributed by atoms with van der Waals surface area (Å²) in [6, 6.07) is 3.62. The molecule has 5 nitrogen and oxygen atoms in total. The van der Waals surface area contributed by atoms with Crippen molar-refractivity contribution in [2.45, 2.75) is 5.03 Å². The number of sulfonamides is 1. The first-order chi connectivity index (χ1) is 9.88. The predicted molar refractivity (Wildman–Crippen MR) is 80.3 cm³/mol. The highest BCUT2D eigenvalue weighted by molar-refractivity contribution is 7.92. The zero-order valence-electron chi connectivity index (χ0n) is 10.0. The van der Waals surface area contributed by atoms with Crippen LogP contribution in [0, 0.1) is 5.82 Å². The summed E-state index contributed by atoms with van der Waals surface area (Å²) in [4.78, 5) is 4.36. The summed E-state index contributed by atoms with van der Waals surface area (Å²) in [5.41, 5.74) is -0.222. The molecule has 0 amide bonds. The molecule has 110 valence electrons. The Kier molecular flexibility index (Phi) is 3.56. The van der Waals surface area contributed by atoms with Gasteiger partial charge in [-0.05, 0) is 18.2 Å². The van der Waals surface area contributed by atoms with Crippen molar-refractivity contribution < 1.29 is 12.8 Å². The molecule has 0 saturated heterocycles. The van der Waals surface area contributed by atoms with Crippen LogP contribution in [0.2, 0.25) is 10.2 Å². The molecule has 0 aliphatic carbocycles. The van der Waals surface area contributed by atoms with Gasteiger partial charge in [0.05, 0.1) is 5.69 Å². The van der Waals surface area contributed by atoms with Crippen molar-refractivity contribution in [3.05, 3.63) is 45.8 Å². The molecule has 10 heteroatoms. The Morgan fingerprint density at radius 2 is 2.10 bits per heavy atom. The molecular weight excluding hydrogens is 360 g/mol. The minimum absolute atomic E-state index is 0.165. The van der Waals surface area contributed by atoms with E-state index in [1.54, 1.807) is 5.38 Å². The molecule has 0 saturated carbocycles. The minimum atomic E-state index is -4.09. The van der Waals surface area contributed by atoms with Crippen molar-refractivity contribution in [1.82, 2.24) is 9.38 Å². The first-order valence-electron chi connectivity index (χ1n) is 5.47. The van der Waals surface area contributed by atoms with Crippen molar-refractivity contribution in [3.8, 4) is 0 Å². The van der Waals surface area contributed by atoms with Gasteiger partial charge in [0.1, 0.15) is 5.82 Å². The third-order valence-corrected chi connectivity index (χ3v) is 5.36. The van der Waals surface area contributed by atoms with E-state index in [1.165, 1.54) is 34.1 Å². The number of hydrogen-bond donors (Lipinski definition) is 1. The van der Waals surface area contributed by atoms with Crippen LogP contribution in [-0.4, -0.2) is 17.8 Å². The van der Waals surface area contributed by atoms with Crippen LogP contribution in [-0.2, 0) is 10.0 Å². The molecule has 0 aliphatic rings. The van der Waals surface area contributed by atoms with Crippen LogP contribution in [0.15, 0.2) is 34.8 Å². The summed E-state index contributed by atoms with van der Waals surface area (Å²) in [6.07, 6.45) is 1.52. The first kappa shape index (κ1) is 14.6. The van der Waals surface area contributed by atoms with Crippen LogP contribution in [0.25, 0.3) is 4.96 Å².